The monoisotopic (exact) mass is 208 g/mol. The molecule has 0 unspecified atom stereocenters. The highest BCUT2D eigenvalue weighted by Gasteiger charge is 2.47. The smallest absolute Gasteiger partial charge is 0.0969 e. The third kappa shape index (κ3) is 2.47. The fourth-order valence-corrected chi connectivity index (χ4v) is 2.52. The molecule has 0 atom stereocenters. The molecule has 2 rings (SSSR count). The second kappa shape index (κ2) is 4.46. The minimum absolute atomic E-state index is 0.737. The van der Waals surface area contributed by atoms with Gasteiger partial charge in [-0.3, -0.25) is 0 Å². The zero-order valence-electron chi connectivity index (χ0n) is 10.2. The van der Waals surface area contributed by atoms with Gasteiger partial charge in [-0.2, -0.15) is 0 Å². The van der Waals surface area contributed by atoms with E-state index in [-0.39, 0.29) is 0 Å². The summed E-state index contributed by atoms with van der Waals surface area (Å²) in [6.07, 6.45) is 9.13. The molecule has 1 spiro atoms. The Morgan fingerprint density at radius 2 is 2.20 bits per heavy atom. The Morgan fingerprint density at radius 3 is 2.73 bits per heavy atom. The zero-order valence-corrected chi connectivity index (χ0v) is 10.2. The van der Waals surface area contributed by atoms with Crippen molar-refractivity contribution < 1.29 is 0 Å². The summed E-state index contributed by atoms with van der Waals surface area (Å²) in [5.74, 6) is 1.37. The molecular weight excluding hydrogens is 184 g/mol. The lowest BCUT2D eigenvalue weighted by Crippen LogP contribution is -2.30. The number of nitrogens with zero attached hydrogens (tertiary/aromatic N) is 1. The van der Waals surface area contributed by atoms with Crippen LogP contribution in [0.25, 0.3) is 0 Å². The number of rotatable bonds is 5. The van der Waals surface area contributed by atoms with E-state index in [1.807, 2.05) is 0 Å². The quantitative estimate of drug-likeness (QED) is 0.699. The summed E-state index contributed by atoms with van der Waals surface area (Å²) < 4.78 is 0. The number of unbranched alkanes of at least 4 members (excludes halogenated alkanes) is 1. The summed E-state index contributed by atoms with van der Waals surface area (Å²) >= 11 is 0. The van der Waals surface area contributed by atoms with E-state index in [4.69, 9.17) is 0 Å². The summed E-state index contributed by atoms with van der Waals surface area (Å²) in [5.41, 5.74) is 0.737. The number of hydrogen-bond donors (Lipinski definition) is 1. The molecule has 0 bridgehead atoms. The molecule has 2 nitrogen and oxygen atoms in total. The van der Waals surface area contributed by atoms with Gasteiger partial charge in [0.2, 0.25) is 0 Å². The average molecular weight is 208 g/mol. The van der Waals surface area contributed by atoms with Gasteiger partial charge in [0.25, 0.3) is 0 Å². The first-order valence-corrected chi connectivity index (χ1v) is 6.45. The van der Waals surface area contributed by atoms with Gasteiger partial charge in [0.1, 0.15) is 0 Å². The molecule has 2 aliphatic rings. The molecule has 15 heavy (non-hydrogen) atoms. The van der Waals surface area contributed by atoms with Gasteiger partial charge in [-0.1, -0.05) is 13.3 Å². The molecule has 2 heteroatoms. The Hall–Kier alpha value is -0.660. The van der Waals surface area contributed by atoms with E-state index in [1.54, 1.807) is 0 Å². The SMILES string of the molecule is C/C=C(\NCCCC)N1CCC2(CC2)C1. The number of allylic oxidation sites excluding steroid dienone is 1. The maximum Gasteiger partial charge on any atom is 0.0969 e. The van der Waals surface area contributed by atoms with Crippen molar-refractivity contribution in [3.8, 4) is 0 Å². The van der Waals surface area contributed by atoms with Gasteiger partial charge >= 0.3 is 0 Å². The molecule has 0 amide bonds. The van der Waals surface area contributed by atoms with Gasteiger partial charge in [0.15, 0.2) is 0 Å². The van der Waals surface area contributed by atoms with Crippen LogP contribution in [0.1, 0.15) is 46.0 Å². The van der Waals surface area contributed by atoms with Gasteiger partial charge in [-0.05, 0) is 44.1 Å². The summed E-state index contributed by atoms with van der Waals surface area (Å²) in [7, 11) is 0. The van der Waals surface area contributed by atoms with Crippen molar-refractivity contribution in [2.45, 2.75) is 46.0 Å². The minimum Gasteiger partial charge on any atom is -0.372 e. The van der Waals surface area contributed by atoms with Crippen LogP contribution in [0.5, 0.6) is 0 Å². The third-order valence-electron chi connectivity index (χ3n) is 3.85. The third-order valence-corrected chi connectivity index (χ3v) is 3.85. The van der Waals surface area contributed by atoms with E-state index >= 15 is 0 Å². The molecule has 1 aliphatic heterocycles. The lowest BCUT2D eigenvalue weighted by molar-refractivity contribution is 0.365. The number of hydrogen-bond acceptors (Lipinski definition) is 2. The van der Waals surface area contributed by atoms with Crippen molar-refractivity contribution in [2.24, 2.45) is 5.41 Å². The molecule has 1 saturated carbocycles. The second-order valence-corrected chi connectivity index (χ2v) is 5.13. The van der Waals surface area contributed by atoms with Crippen LogP contribution in [-0.2, 0) is 0 Å². The highest BCUT2D eigenvalue weighted by Crippen LogP contribution is 2.53. The topological polar surface area (TPSA) is 15.3 Å². The fourth-order valence-electron chi connectivity index (χ4n) is 2.52. The zero-order chi connectivity index (χ0) is 10.7. The van der Waals surface area contributed by atoms with Crippen LogP contribution in [0.4, 0.5) is 0 Å². The average Bonchev–Trinajstić information content (AvgIpc) is 2.86. The van der Waals surface area contributed by atoms with Crippen molar-refractivity contribution in [3.05, 3.63) is 11.9 Å². The van der Waals surface area contributed by atoms with Crippen LogP contribution in [-0.4, -0.2) is 24.5 Å². The van der Waals surface area contributed by atoms with E-state index in [9.17, 15) is 0 Å². The van der Waals surface area contributed by atoms with Crippen LogP contribution >= 0.6 is 0 Å². The normalized spacial score (nSPS) is 23.6. The van der Waals surface area contributed by atoms with E-state index in [1.165, 1.54) is 51.0 Å². The Labute approximate surface area is 93.7 Å². The van der Waals surface area contributed by atoms with Crippen LogP contribution in [0.2, 0.25) is 0 Å². The van der Waals surface area contributed by atoms with Crippen molar-refractivity contribution >= 4 is 0 Å². The van der Waals surface area contributed by atoms with E-state index in [2.05, 4.69) is 30.1 Å². The van der Waals surface area contributed by atoms with Crippen molar-refractivity contribution in [1.82, 2.24) is 10.2 Å². The van der Waals surface area contributed by atoms with Crippen LogP contribution in [0, 0.1) is 5.41 Å². The summed E-state index contributed by atoms with van der Waals surface area (Å²) in [6, 6.07) is 0. The van der Waals surface area contributed by atoms with Crippen LogP contribution in [0.3, 0.4) is 0 Å². The van der Waals surface area contributed by atoms with Gasteiger partial charge in [-0.25, -0.2) is 0 Å². The maximum absolute atomic E-state index is 3.56. The van der Waals surface area contributed by atoms with E-state index in [0.717, 1.165) is 12.0 Å². The Bertz CT molecular complexity index is 241. The van der Waals surface area contributed by atoms with Gasteiger partial charge < -0.3 is 10.2 Å². The van der Waals surface area contributed by atoms with Crippen LogP contribution in [0.15, 0.2) is 11.9 Å². The van der Waals surface area contributed by atoms with E-state index in [0.29, 0.717) is 0 Å². The van der Waals surface area contributed by atoms with Crippen molar-refractivity contribution in [1.29, 1.82) is 0 Å². The molecule has 0 aromatic rings. The standard InChI is InChI=1S/C13H24N2/c1-3-5-9-14-12(4-2)15-10-8-13(11-15)6-7-13/h4,14H,3,5-11H2,1-2H3/b12-4+. The first-order chi connectivity index (χ1) is 7.29. The summed E-state index contributed by atoms with van der Waals surface area (Å²) in [4.78, 5) is 2.54. The molecule has 86 valence electrons. The first-order valence-electron chi connectivity index (χ1n) is 6.45. The molecule has 1 aliphatic carbocycles. The highest BCUT2D eigenvalue weighted by molar-refractivity contribution is 5.08. The second-order valence-electron chi connectivity index (χ2n) is 5.13. The Balaban J connectivity index is 1.80. The molecule has 0 aromatic carbocycles. The Kier molecular flexibility index (Phi) is 3.22. The van der Waals surface area contributed by atoms with Crippen molar-refractivity contribution in [2.75, 3.05) is 19.6 Å². The number of likely N-dealkylation sites (tertiary alicyclic amines) is 1. The molecule has 2 fully saturated rings. The molecule has 1 saturated heterocycles. The van der Waals surface area contributed by atoms with Crippen LogP contribution < -0.4 is 5.32 Å². The fraction of sp³-hybridized carbons (Fsp3) is 0.846. The summed E-state index contributed by atoms with van der Waals surface area (Å²) in [6.45, 7) is 8.07. The van der Waals surface area contributed by atoms with Gasteiger partial charge in [0.05, 0.1) is 5.82 Å². The molecular formula is C13H24N2. The lowest BCUT2D eigenvalue weighted by Gasteiger charge is -2.23. The van der Waals surface area contributed by atoms with E-state index < -0.39 is 0 Å². The Morgan fingerprint density at radius 1 is 1.40 bits per heavy atom. The summed E-state index contributed by atoms with van der Waals surface area (Å²) in [5, 5.41) is 3.56. The first kappa shape index (κ1) is 10.8. The van der Waals surface area contributed by atoms with Crippen molar-refractivity contribution in [3.63, 3.8) is 0 Å². The largest absolute Gasteiger partial charge is 0.372 e. The number of nitrogens with one attached hydrogen (secondary N) is 1. The highest BCUT2D eigenvalue weighted by atomic mass is 15.3. The van der Waals surface area contributed by atoms with Gasteiger partial charge in [0, 0.05) is 19.6 Å². The maximum atomic E-state index is 3.56. The predicted octanol–water partition coefficient (Wildman–Crippen LogP) is 2.72. The predicted molar refractivity (Wildman–Crippen MR) is 64.5 cm³/mol. The molecule has 0 radical (unpaired) electrons. The molecule has 1 N–H and O–H groups in total. The molecule has 1 heterocycles. The lowest BCUT2D eigenvalue weighted by atomic mass is 10.1. The van der Waals surface area contributed by atoms with Gasteiger partial charge in [-0.15, -0.1) is 0 Å². The molecule has 0 aromatic heterocycles. The minimum atomic E-state index is 0.737.